The Kier molecular flexibility index (Phi) is 5.27. The van der Waals surface area contributed by atoms with Crippen molar-refractivity contribution in [3.63, 3.8) is 0 Å². The van der Waals surface area contributed by atoms with E-state index < -0.39 is 11.7 Å². The van der Waals surface area contributed by atoms with Gasteiger partial charge in [0.2, 0.25) is 0 Å². The maximum Gasteiger partial charge on any atom is 0.416 e. The van der Waals surface area contributed by atoms with Gasteiger partial charge in [0.1, 0.15) is 0 Å². The molecule has 8 heteroatoms. The number of halogens is 3. The zero-order valence-electron chi connectivity index (χ0n) is 16.1. The minimum Gasteiger partial charge on any atom is -0.380 e. The summed E-state index contributed by atoms with van der Waals surface area (Å²) >= 11 is 0. The summed E-state index contributed by atoms with van der Waals surface area (Å²) < 4.78 is 40.2. The maximum atomic E-state index is 13.4. The van der Waals surface area contributed by atoms with Crippen molar-refractivity contribution in [1.29, 1.82) is 0 Å². The van der Waals surface area contributed by atoms with E-state index in [4.69, 9.17) is 0 Å². The summed E-state index contributed by atoms with van der Waals surface area (Å²) in [5.74, 6) is 0. The SMILES string of the molecule is CN1CCN(c2cnc3cc(C(F)(F)F)cc(NCc4cccnc4)c3c2)CC1. The normalized spacial score (nSPS) is 15.7. The first-order valence-corrected chi connectivity index (χ1v) is 9.47. The molecule has 0 spiro atoms. The highest BCUT2D eigenvalue weighted by Crippen LogP contribution is 2.36. The van der Waals surface area contributed by atoms with Gasteiger partial charge in [0, 0.05) is 56.2 Å². The summed E-state index contributed by atoms with van der Waals surface area (Å²) in [5, 5.41) is 3.83. The van der Waals surface area contributed by atoms with E-state index in [0.29, 0.717) is 23.1 Å². The molecule has 1 saturated heterocycles. The molecule has 1 fully saturated rings. The molecular weight excluding hydrogens is 379 g/mol. The molecule has 0 bridgehead atoms. The van der Waals surface area contributed by atoms with Crippen LogP contribution in [0.4, 0.5) is 24.5 Å². The fraction of sp³-hybridized carbons (Fsp3) is 0.333. The van der Waals surface area contributed by atoms with Crippen LogP contribution in [-0.2, 0) is 12.7 Å². The first-order chi connectivity index (χ1) is 13.9. The molecule has 0 aliphatic carbocycles. The van der Waals surface area contributed by atoms with Crippen molar-refractivity contribution in [3.05, 3.63) is 60.0 Å². The van der Waals surface area contributed by atoms with Crippen LogP contribution in [0.3, 0.4) is 0 Å². The van der Waals surface area contributed by atoms with Crippen molar-refractivity contribution in [2.24, 2.45) is 0 Å². The van der Waals surface area contributed by atoms with E-state index in [1.807, 2.05) is 12.1 Å². The van der Waals surface area contributed by atoms with Crippen molar-refractivity contribution >= 4 is 22.3 Å². The van der Waals surface area contributed by atoms with Crippen molar-refractivity contribution in [2.75, 3.05) is 43.4 Å². The second kappa shape index (κ2) is 7.87. The molecule has 1 aliphatic rings. The molecule has 3 heterocycles. The molecule has 0 amide bonds. The molecule has 3 aromatic rings. The molecule has 0 unspecified atom stereocenters. The molecular formula is C21H22F3N5. The molecule has 1 aromatic carbocycles. The van der Waals surface area contributed by atoms with Crippen molar-refractivity contribution < 1.29 is 13.2 Å². The lowest BCUT2D eigenvalue weighted by molar-refractivity contribution is -0.137. The minimum absolute atomic E-state index is 0.325. The molecule has 1 N–H and O–H groups in total. The number of aromatic nitrogens is 2. The van der Waals surface area contributed by atoms with E-state index in [0.717, 1.165) is 49.6 Å². The lowest BCUT2D eigenvalue weighted by Crippen LogP contribution is -2.44. The summed E-state index contributed by atoms with van der Waals surface area (Å²) in [6, 6.07) is 7.88. The molecule has 152 valence electrons. The van der Waals surface area contributed by atoms with Crippen LogP contribution in [0.5, 0.6) is 0 Å². The van der Waals surface area contributed by atoms with Crippen molar-refractivity contribution in [2.45, 2.75) is 12.7 Å². The largest absolute Gasteiger partial charge is 0.416 e. The van der Waals surface area contributed by atoms with Gasteiger partial charge in [-0.05, 0) is 36.9 Å². The van der Waals surface area contributed by atoms with Crippen LogP contribution in [0, 0.1) is 0 Å². The maximum absolute atomic E-state index is 13.4. The number of piperazine rings is 1. The molecule has 5 nitrogen and oxygen atoms in total. The van der Waals surface area contributed by atoms with Crippen LogP contribution in [0.15, 0.2) is 48.9 Å². The molecule has 1 aliphatic heterocycles. The number of likely N-dealkylation sites (N-methyl/N-ethyl adjacent to an activating group) is 1. The fourth-order valence-electron chi connectivity index (χ4n) is 3.46. The Morgan fingerprint density at radius 1 is 1.07 bits per heavy atom. The van der Waals surface area contributed by atoms with Crippen molar-refractivity contribution in [1.82, 2.24) is 14.9 Å². The van der Waals surface area contributed by atoms with Gasteiger partial charge in [0.05, 0.1) is 23.0 Å². The summed E-state index contributed by atoms with van der Waals surface area (Å²) in [6.07, 6.45) is 0.585. The summed E-state index contributed by atoms with van der Waals surface area (Å²) in [4.78, 5) is 12.9. The first kappa shape index (κ1) is 19.4. The average Bonchev–Trinajstić information content (AvgIpc) is 2.72. The van der Waals surface area contributed by atoms with Gasteiger partial charge in [-0.3, -0.25) is 9.97 Å². The van der Waals surface area contributed by atoms with Crippen LogP contribution in [0.2, 0.25) is 0 Å². The number of alkyl halides is 3. The van der Waals surface area contributed by atoms with Crippen LogP contribution in [-0.4, -0.2) is 48.1 Å². The topological polar surface area (TPSA) is 44.3 Å². The quantitative estimate of drug-likeness (QED) is 0.716. The van der Waals surface area contributed by atoms with Gasteiger partial charge < -0.3 is 15.1 Å². The van der Waals surface area contributed by atoms with Crippen molar-refractivity contribution in [3.8, 4) is 0 Å². The predicted molar refractivity (Wildman–Crippen MR) is 108 cm³/mol. The highest BCUT2D eigenvalue weighted by Gasteiger charge is 2.31. The Morgan fingerprint density at radius 3 is 2.55 bits per heavy atom. The number of anilines is 2. The number of benzene rings is 1. The predicted octanol–water partition coefficient (Wildman–Crippen LogP) is 4.01. The number of nitrogens with zero attached hydrogens (tertiary/aromatic N) is 4. The van der Waals surface area contributed by atoms with Gasteiger partial charge in [-0.2, -0.15) is 13.2 Å². The summed E-state index contributed by atoms with van der Waals surface area (Å²) in [7, 11) is 2.08. The number of hydrogen-bond acceptors (Lipinski definition) is 5. The van der Waals surface area contributed by atoms with E-state index in [1.54, 1.807) is 24.7 Å². The molecule has 0 radical (unpaired) electrons. The third kappa shape index (κ3) is 4.42. The highest BCUT2D eigenvalue weighted by molar-refractivity contribution is 5.94. The second-order valence-corrected chi connectivity index (χ2v) is 7.29. The molecule has 29 heavy (non-hydrogen) atoms. The Balaban J connectivity index is 1.71. The number of pyridine rings is 2. The molecule has 4 rings (SSSR count). The molecule has 0 atom stereocenters. The van der Waals surface area contributed by atoms with Gasteiger partial charge >= 0.3 is 6.18 Å². The zero-order chi connectivity index (χ0) is 20.4. The van der Waals surface area contributed by atoms with Crippen LogP contribution in [0.25, 0.3) is 10.9 Å². The smallest absolute Gasteiger partial charge is 0.380 e. The first-order valence-electron chi connectivity index (χ1n) is 9.47. The third-order valence-corrected chi connectivity index (χ3v) is 5.19. The summed E-state index contributed by atoms with van der Waals surface area (Å²) in [6.45, 7) is 3.99. The van der Waals surface area contributed by atoms with Gasteiger partial charge in [0.15, 0.2) is 0 Å². The lowest BCUT2D eigenvalue weighted by atomic mass is 10.1. The standard InChI is InChI=1S/C21H22F3N5/c1-28-5-7-29(8-6-28)17-11-18-19(26-13-15-3-2-4-25-12-15)9-16(21(22,23)24)10-20(18)27-14-17/h2-4,9-12,14,26H,5-8,13H2,1H3. The molecule has 0 saturated carbocycles. The Morgan fingerprint density at radius 2 is 1.86 bits per heavy atom. The monoisotopic (exact) mass is 401 g/mol. The van der Waals surface area contributed by atoms with Crippen LogP contribution < -0.4 is 10.2 Å². The van der Waals surface area contributed by atoms with Crippen LogP contribution in [0.1, 0.15) is 11.1 Å². The number of hydrogen-bond donors (Lipinski definition) is 1. The Bertz CT molecular complexity index is 983. The lowest BCUT2D eigenvalue weighted by Gasteiger charge is -2.34. The van der Waals surface area contributed by atoms with E-state index in [2.05, 4.69) is 32.1 Å². The van der Waals surface area contributed by atoms with Gasteiger partial charge in [0.25, 0.3) is 0 Å². The van der Waals surface area contributed by atoms with E-state index in [9.17, 15) is 13.2 Å². The van der Waals surface area contributed by atoms with Crippen LogP contribution >= 0.6 is 0 Å². The second-order valence-electron chi connectivity index (χ2n) is 7.29. The summed E-state index contributed by atoms with van der Waals surface area (Å²) in [5.41, 5.74) is 1.85. The number of fused-ring (bicyclic) bond motifs is 1. The fourth-order valence-corrected chi connectivity index (χ4v) is 3.46. The van der Waals surface area contributed by atoms with E-state index in [1.165, 1.54) is 0 Å². The van der Waals surface area contributed by atoms with Gasteiger partial charge in [-0.25, -0.2) is 0 Å². The van der Waals surface area contributed by atoms with Gasteiger partial charge in [-0.15, -0.1) is 0 Å². The zero-order valence-corrected chi connectivity index (χ0v) is 16.1. The Hall–Kier alpha value is -2.87. The minimum atomic E-state index is -4.43. The van der Waals surface area contributed by atoms with E-state index >= 15 is 0 Å². The third-order valence-electron chi connectivity index (χ3n) is 5.19. The van der Waals surface area contributed by atoms with E-state index in [-0.39, 0.29) is 0 Å². The highest BCUT2D eigenvalue weighted by atomic mass is 19.4. The number of nitrogens with one attached hydrogen (secondary N) is 1. The Labute approximate surface area is 167 Å². The molecule has 2 aromatic heterocycles. The number of rotatable bonds is 4. The average molecular weight is 401 g/mol. The van der Waals surface area contributed by atoms with Gasteiger partial charge in [-0.1, -0.05) is 6.07 Å².